The van der Waals surface area contributed by atoms with Crippen LogP contribution in [0, 0.1) is 12.7 Å². The minimum atomic E-state index is -3.89. The fourth-order valence-corrected chi connectivity index (χ4v) is 3.39. The molecule has 0 saturated heterocycles. The maximum absolute atomic E-state index is 13.0. The first-order valence-electron chi connectivity index (χ1n) is 5.55. The molecule has 0 fully saturated rings. The lowest BCUT2D eigenvalue weighted by Crippen LogP contribution is -2.44. The van der Waals surface area contributed by atoms with Gasteiger partial charge in [0, 0.05) is 5.54 Å². The van der Waals surface area contributed by atoms with E-state index in [1.54, 1.807) is 0 Å². The van der Waals surface area contributed by atoms with Gasteiger partial charge in [-0.1, -0.05) is 0 Å². The minimum Gasteiger partial charge on any atom is -0.481 e. The zero-order valence-electron chi connectivity index (χ0n) is 10.9. The maximum Gasteiger partial charge on any atom is 0.305 e. The Kier molecular flexibility index (Phi) is 4.32. The summed E-state index contributed by atoms with van der Waals surface area (Å²) in [4.78, 5) is 10.6. The summed E-state index contributed by atoms with van der Waals surface area (Å²) in [5.41, 5.74) is -0.871. The van der Waals surface area contributed by atoms with Crippen molar-refractivity contribution in [1.82, 2.24) is 4.72 Å². The largest absolute Gasteiger partial charge is 0.481 e. The molecule has 5 nitrogen and oxygen atoms in total. The second-order valence-electron chi connectivity index (χ2n) is 4.97. The van der Waals surface area contributed by atoms with E-state index in [1.165, 1.54) is 20.8 Å². The number of carboxylic acids is 1. The molecule has 0 heterocycles. The van der Waals surface area contributed by atoms with Crippen LogP contribution in [-0.2, 0) is 14.8 Å². The Hall–Kier alpha value is -1.47. The van der Waals surface area contributed by atoms with Gasteiger partial charge in [0.15, 0.2) is 0 Å². The molecule has 19 heavy (non-hydrogen) atoms. The van der Waals surface area contributed by atoms with Gasteiger partial charge in [-0.05, 0) is 44.5 Å². The Labute approximate surface area is 111 Å². The van der Waals surface area contributed by atoms with Gasteiger partial charge in [-0.2, -0.15) is 0 Å². The SMILES string of the molecule is Cc1cc(F)ccc1S(=O)(=O)NC(C)(C)CC(=O)O. The van der Waals surface area contributed by atoms with E-state index in [4.69, 9.17) is 5.11 Å². The second kappa shape index (κ2) is 5.26. The Morgan fingerprint density at radius 2 is 2.00 bits per heavy atom. The van der Waals surface area contributed by atoms with Gasteiger partial charge in [-0.25, -0.2) is 17.5 Å². The molecule has 1 aromatic carbocycles. The van der Waals surface area contributed by atoms with E-state index in [0.717, 1.165) is 18.2 Å². The van der Waals surface area contributed by atoms with E-state index < -0.39 is 27.3 Å². The van der Waals surface area contributed by atoms with Gasteiger partial charge < -0.3 is 5.11 Å². The zero-order valence-corrected chi connectivity index (χ0v) is 11.7. The first-order valence-corrected chi connectivity index (χ1v) is 7.04. The van der Waals surface area contributed by atoms with Crippen LogP contribution in [0.4, 0.5) is 4.39 Å². The number of sulfonamides is 1. The average molecular weight is 289 g/mol. The summed E-state index contributed by atoms with van der Waals surface area (Å²) in [6, 6.07) is 3.31. The number of nitrogens with one attached hydrogen (secondary N) is 1. The van der Waals surface area contributed by atoms with Gasteiger partial charge in [-0.3, -0.25) is 4.79 Å². The molecule has 0 aromatic heterocycles. The standard InChI is InChI=1S/C12H16FNO4S/c1-8-6-9(13)4-5-10(8)19(17,18)14-12(2,3)7-11(15)16/h4-6,14H,7H2,1-3H3,(H,15,16). The van der Waals surface area contributed by atoms with E-state index in [2.05, 4.69) is 4.72 Å². The van der Waals surface area contributed by atoms with Crippen LogP contribution in [0.3, 0.4) is 0 Å². The number of benzene rings is 1. The quantitative estimate of drug-likeness (QED) is 0.863. The van der Waals surface area contributed by atoms with Crippen LogP contribution in [0.15, 0.2) is 23.1 Å². The Morgan fingerprint density at radius 3 is 2.47 bits per heavy atom. The van der Waals surface area contributed by atoms with Gasteiger partial charge in [0.25, 0.3) is 0 Å². The molecule has 0 atom stereocenters. The van der Waals surface area contributed by atoms with E-state index >= 15 is 0 Å². The molecular weight excluding hydrogens is 273 g/mol. The molecule has 7 heteroatoms. The van der Waals surface area contributed by atoms with Crippen molar-refractivity contribution in [1.29, 1.82) is 0 Å². The first-order chi connectivity index (χ1) is 8.53. The minimum absolute atomic E-state index is 0.0626. The summed E-state index contributed by atoms with van der Waals surface area (Å²) in [5.74, 6) is -1.63. The highest BCUT2D eigenvalue weighted by atomic mass is 32.2. The van der Waals surface area contributed by atoms with Crippen LogP contribution in [0.1, 0.15) is 25.8 Å². The highest BCUT2D eigenvalue weighted by Crippen LogP contribution is 2.19. The number of carbonyl (C=O) groups is 1. The smallest absolute Gasteiger partial charge is 0.305 e. The van der Waals surface area contributed by atoms with E-state index in [1.807, 2.05) is 0 Å². The predicted octanol–water partition coefficient (Wildman–Crippen LogP) is 1.67. The lowest BCUT2D eigenvalue weighted by Gasteiger charge is -2.24. The summed E-state index contributed by atoms with van der Waals surface area (Å²) in [6.45, 7) is 4.41. The molecule has 0 amide bonds. The third-order valence-electron chi connectivity index (χ3n) is 2.43. The third kappa shape index (κ3) is 4.29. The average Bonchev–Trinajstić information content (AvgIpc) is 2.11. The zero-order chi connectivity index (χ0) is 14.8. The van der Waals surface area contributed by atoms with Crippen molar-refractivity contribution >= 4 is 16.0 Å². The molecule has 0 aliphatic carbocycles. The molecule has 106 valence electrons. The fraction of sp³-hybridized carbons (Fsp3) is 0.417. The Balaban J connectivity index is 3.08. The molecule has 0 saturated carbocycles. The van der Waals surface area contributed by atoms with E-state index in [0.29, 0.717) is 0 Å². The van der Waals surface area contributed by atoms with Gasteiger partial charge in [-0.15, -0.1) is 0 Å². The molecular formula is C12H16FNO4S. The molecule has 1 rings (SSSR count). The lowest BCUT2D eigenvalue weighted by molar-refractivity contribution is -0.138. The molecule has 0 aliphatic heterocycles. The molecule has 1 aromatic rings. The summed E-state index contributed by atoms with van der Waals surface area (Å²) in [5, 5.41) is 8.72. The van der Waals surface area contributed by atoms with Crippen LogP contribution < -0.4 is 4.72 Å². The predicted molar refractivity (Wildman–Crippen MR) is 67.8 cm³/mol. The van der Waals surface area contributed by atoms with Gasteiger partial charge in [0.1, 0.15) is 5.82 Å². The molecule has 2 N–H and O–H groups in total. The molecule has 0 spiro atoms. The summed E-state index contributed by atoms with van der Waals surface area (Å²) in [7, 11) is -3.89. The fourth-order valence-electron chi connectivity index (χ4n) is 1.75. The maximum atomic E-state index is 13.0. The Morgan fingerprint density at radius 1 is 1.42 bits per heavy atom. The van der Waals surface area contributed by atoms with Crippen molar-refractivity contribution in [2.75, 3.05) is 0 Å². The van der Waals surface area contributed by atoms with Crippen molar-refractivity contribution in [2.24, 2.45) is 0 Å². The topological polar surface area (TPSA) is 83.5 Å². The van der Waals surface area contributed by atoms with Gasteiger partial charge >= 0.3 is 5.97 Å². The molecule has 0 aliphatic rings. The highest BCUT2D eigenvalue weighted by Gasteiger charge is 2.29. The van der Waals surface area contributed by atoms with Crippen LogP contribution in [-0.4, -0.2) is 25.0 Å². The number of rotatable bonds is 5. The van der Waals surface area contributed by atoms with E-state index in [9.17, 15) is 17.6 Å². The summed E-state index contributed by atoms with van der Waals surface area (Å²) < 4.78 is 39.5. The lowest BCUT2D eigenvalue weighted by atomic mass is 10.0. The van der Waals surface area contributed by atoms with Crippen LogP contribution in [0.5, 0.6) is 0 Å². The number of aliphatic carboxylic acids is 1. The summed E-state index contributed by atoms with van der Waals surface area (Å²) >= 11 is 0. The van der Waals surface area contributed by atoms with Gasteiger partial charge in [0.2, 0.25) is 10.0 Å². The summed E-state index contributed by atoms with van der Waals surface area (Å²) in [6.07, 6.45) is -0.355. The Bertz CT molecular complexity index is 596. The normalized spacial score (nSPS) is 12.4. The van der Waals surface area contributed by atoms with Crippen molar-refractivity contribution in [3.05, 3.63) is 29.6 Å². The number of hydrogen-bond acceptors (Lipinski definition) is 3. The van der Waals surface area contributed by atoms with Crippen LogP contribution in [0.2, 0.25) is 0 Å². The van der Waals surface area contributed by atoms with Crippen molar-refractivity contribution in [3.8, 4) is 0 Å². The van der Waals surface area contributed by atoms with Crippen molar-refractivity contribution in [3.63, 3.8) is 0 Å². The third-order valence-corrected chi connectivity index (χ3v) is 4.29. The number of halogens is 1. The first kappa shape index (κ1) is 15.6. The number of hydrogen-bond donors (Lipinski definition) is 2. The highest BCUT2D eigenvalue weighted by molar-refractivity contribution is 7.89. The number of carboxylic acid groups (broad SMARTS) is 1. The molecule has 0 radical (unpaired) electrons. The monoisotopic (exact) mass is 289 g/mol. The molecule has 0 bridgehead atoms. The van der Waals surface area contributed by atoms with E-state index in [-0.39, 0.29) is 16.9 Å². The van der Waals surface area contributed by atoms with Gasteiger partial charge in [0.05, 0.1) is 11.3 Å². The second-order valence-corrected chi connectivity index (χ2v) is 6.62. The molecule has 0 unspecified atom stereocenters. The van der Waals surface area contributed by atoms with Crippen LogP contribution in [0.25, 0.3) is 0 Å². The number of aryl methyl sites for hydroxylation is 1. The van der Waals surface area contributed by atoms with Crippen LogP contribution >= 0.6 is 0 Å². The van der Waals surface area contributed by atoms with Crippen molar-refractivity contribution < 1.29 is 22.7 Å². The van der Waals surface area contributed by atoms with Crippen molar-refractivity contribution in [2.45, 2.75) is 37.6 Å².